The topological polar surface area (TPSA) is 59.1 Å². The molecule has 2 aliphatic heterocycles. The van der Waals surface area contributed by atoms with Crippen LogP contribution >= 0.6 is 0 Å². The molecule has 144 valence electrons. The van der Waals surface area contributed by atoms with E-state index in [4.69, 9.17) is 9.47 Å². The highest BCUT2D eigenvalue weighted by Gasteiger charge is 2.34. The first-order valence-electron chi connectivity index (χ1n) is 9.77. The number of hydrazine groups is 1. The fourth-order valence-corrected chi connectivity index (χ4v) is 4.41. The van der Waals surface area contributed by atoms with Crippen molar-refractivity contribution in [3.8, 4) is 11.5 Å². The van der Waals surface area contributed by atoms with E-state index in [2.05, 4.69) is 24.3 Å². The van der Waals surface area contributed by atoms with Crippen LogP contribution in [-0.4, -0.2) is 41.7 Å². The van der Waals surface area contributed by atoms with Gasteiger partial charge < -0.3 is 9.47 Å². The predicted molar refractivity (Wildman–Crippen MR) is 102 cm³/mol. The molecule has 0 atom stereocenters. The Bertz CT molecular complexity index is 917. The Kier molecular flexibility index (Phi) is 4.19. The van der Waals surface area contributed by atoms with E-state index in [9.17, 15) is 9.59 Å². The molecule has 6 nitrogen and oxygen atoms in total. The second-order valence-corrected chi connectivity index (χ2v) is 7.61. The Hall–Kier alpha value is -3.02. The van der Waals surface area contributed by atoms with E-state index in [1.54, 1.807) is 28.2 Å². The molecule has 0 bridgehead atoms. The van der Waals surface area contributed by atoms with Gasteiger partial charge in [0.05, 0.1) is 0 Å². The van der Waals surface area contributed by atoms with Gasteiger partial charge in [-0.1, -0.05) is 24.3 Å². The van der Waals surface area contributed by atoms with Gasteiger partial charge >= 0.3 is 0 Å². The molecule has 0 radical (unpaired) electrons. The van der Waals surface area contributed by atoms with Gasteiger partial charge in [0.1, 0.15) is 0 Å². The molecule has 5 rings (SSSR count). The summed E-state index contributed by atoms with van der Waals surface area (Å²) in [4.78, 5) is 26.0. The van der Waals surface area contributed by atoms with Crippen LogP contribution in [-0.2, 0) is 17.6 Å². The van der Waals surface area contributed by atoms with Crippen molar-refractivity contribution < 1.29 is 19.1 Å². The first-order chi connectivity index (χ1) is 13.7. The minimum atomic E-state index is -0.168. The van der Waals surface area contributed by atoms with Crippen molar-refractivity contribution >= 4 is 11.8 Å². The monoisotopic (exact) mass is 378 g/mol. The predicted octanol–water partition coefficient (Wildman–Crippen LogP) is 2.81. The molecule has 0 spiro atoms. The number of carbonyl (C=O) groups excluding carboxylic acids is 2. The lowest BCUT2D eigenvalue weighted by Crippen LogP contribution is -2.45. The van der Waals surface area contributed by atoms with Crippen molar-refractivity contribution in [1.82, 2.24) is 10.0 Å². The molecular formula is C22H22N2O4. The largest absolute Gasteiger partial charge is 0.454 e. The molecule has 3 aliphatic rings. The van der Waals surface area contributed by atoms with Gasteiger partial charge in [-0.05, 0) is 54.5 Å². The molecule has 1 fully saturated rings. The number of hydrogen-bond acceptors (Lipinski definition) is 4. The van der Waals surface area contributed by atoms with Crippen molar-refractivity contribution in [3.63, 3.8) is 0 Å². The number of ether oxygens (including phenoxy) is 2. The van der Waals surface area contributed by atoms with Crippen LogP contribution in [0.4, 0.5) is 0 Å². The van der Waals surface area contributed by atoms with Crippen LogP contribution in [0.3, 0.4) is 0 Å². The molecule has 1 aliphatic carbocycles. The quantitative estimate of drug-likeness (QED) is 0.824. The van der Waals surface area contributed by atoms with Crippen LogP contribution in [0.1, 0.15) is 34.3 Å². The second-order valence-electron chi connectivity index (χ2n) is 7.61. The van der Waals surface area contributed by atoms with Gasteiger partial charge in [-0.2, -0.15) is 0 Å². The highest BCUT2D eigenvalue weighted by Crippen LogP contribution is 2.34. The lowest BCUT2D eigenvalue weighted by molar-refractivity contribution is -0.141. The zero-order valence-electron chi connectivity index (χ0n) is 15.6. The summed E-state index contributed by atoms with van der Waals surface area (Å²) in [5, 5.41) is 3.22. The highest BCUT2D eigenvalue weighted by molar-refractivity contribution is 5.96. The minimum absolute atomic E-state index is 0.0319. The summed E-state index contributed by atoms with van der Waals surface area (Å²) >= 11 is 0. The van der Waals surface area contributed by atoms with Crippen molar-refractivity contribution in [3.05, 3.63) is 59.2 Å². The first kappa shape index (κ1) is 17.1. The van der Waals surface area contributed by atoms with Gasteiger partial charge in [-0.25, -0.2) is 5.01 Å². The normalized spacial score (nSPS) is 17.9. The Morgan fingerprint density at radius 3 is 2.43 bits per heavy atom. The molecule has 2 amide bonds. The number of carbonyl (C=O) groups is 2. The lowest BCUT2D eigenvalue weighted by Gasteiger charge is -2.29. The molecule has 0 unspecified atom stereocenters. The van der Waals surface area contributed by atoms with Crippen molar-refractivity contribution in [2.24, 2.45) is 5.92 Å². The Labute approximate surface area is 163 Å². The third-order valence-corrected chi connectivity index (χ3v) is 5.77. The van der Waals surface area contributed by atoms with E-state index in [0.717, 1.165) is 19.3 Å². The van der Waals surface area contributed by atoms with Crippen LogP contribution < -0.4 is 9.47 Å². The van der Waals surface area contributed by atoms with Crippen LogP contribution in [0.5, 0.6) is 11.5 Å². The van der Waals surface area contributed by atoms with Crippen molar-refractivity contribution in [2.75, 3.05) is 19.9 Å². The van der Waals surface area contributed by atoms with Crippen molar-refractivity contribution in [1.29, 1.82) is 0 Å². The van der Waals surface area contributed by atoms with Gasteiger partial charge in [-0.15, -0.1) is 0 Å². The molecule has 6 heteroatoms. The molecular weight excluding hydrogens is 356 g/mol. The van der Waals surface area contributed by atoms with Crippen LogP contribution in [0.15, 0.2) is 42.5 Å². The Morgan fingerprint density at radius 2 is 1.64 bits per heavy atom. The molecule has 0 aromatic heterocycles. The molecule has 2 aromatic carbocycles. The minimum Gasteiger partial charge on any atom is -0.454 e. The highest BCUT2D eigenvalue weighted by atomic mass is 16.7. The maximum atomic E-state index is 13.0. The third-order valence-electron chi connectivity index (χ3n) is 5.77. The van der Waals surface area contributed by atoms with Crippen molar-refractivity contribution in [2.45, 2.75) is 25.7 Å². The molecule has 0 saturated carbocycles. The zero-order chi connectivity index (χ0) is 19.1. The molecule has 2 heterocycles. The summed E-state index contributed by atoms with van der Waals surface area (Å²) in [5.74, 6) is 1.40. The Morgan fingerprint density at radius 1 is 0.929 bits per heavy atom. The number of fused-ring (bicyclic) bond motifs is 2. The van der Waals surface area contributed by atoms with Gasteiger partial charge in [0.2, 0.25) is 12.7 Å². The average Bonchev–Trinajstić information content (AvgIpc) is 3.44. The van der Waals surface area contributed by atoms with Gasteiger partial charge in [0.25, 0.3) is 5.91 Å². The van der Waals surface area contributed by atoms with E-state index in [1.165, 1.54) is 11.1 Å². The number of amides is 2. The number of hydrogen-bond donors (Lipinski definition) is 0. The summed E-state index contributed by atoms with van der Waals surface area (Å²) < 4.78 is 10.7. The van der Waals surface area contributed by atoms with E-state index in [1.807, 2.05) is 0 Å². The fraction of sp³-hybridized carbons (Fsp3) is 0.364. The van der Waals surface area contributed by atoms with E-state index in [-0.39, 0.29) is 18.6 Å². The number of nitrogens with zero attached hydrogens (tertiary/aromatic N) is 2. The van der Waals surface area contributed by atoms with Crippen LogP contribution in [0, 0.1) is 5.92 Å². The maximum Gasteiger partial charge on any atom is 0.272 e. The molecule has 1 saturated heterocycles. The molecule has 2 aromatic rings. The number of benzene rings is 2. The zero-order valence-corrected chi connectivity index (χ0v) is 15.6. The average molecular weight is 378 g/mol. The second kappa shape index (κ2) is 6.86. The Balaban J connectivity index is 1.27. The van der Waals surface area contributed by atoms with Gasteiger partial charge in [0, 0.05) is 25.1 Å². The summed E-state index contributed by atoms with van der Waals surface area (Å²) in [6.45, 7) is 1.32. The number of rotatable bonds is 3. The SMILES string of the molecule is O=C(CC1Cc2ccccc2C1)N1CCCN1C(=O)c1ccc2c(c1)OCO2. The molecule has 28 heavy (non-hydrogen) atoms. The van der Waals surface area contributed by atoms with E-state index >= 15 is 0 Å². The summed E-state index contributed by atoms with van der Waals surface area (Å²) in [6.07, 6.45) is 3.14. The van der Waals surface area contributed by atoms with Gasteiger partial charge in [-0.3, -0.25) is 14.6 Å². The van der Waals surface area contributed by atoms with E-state index in [0.29, 0.717) is 42.5 Å². The third kappa shape index (κ3) is 2.99. The summed E-state index contributed by atoms with van der Waals surface area (Å²) in [6, 6.07) is 13.6. The lowest BCUT2D eigenvalue weighted by atomic mass is 10.0. The smallest absolute Gasteiger partial charge is 0.272 e. The summed E-state index contributed by atoms with van der Waals surface area (Å²) in [5.41, 5.74) is 3.20. The van der Waals surface area contributed by atoms with Crippen LogP contribution in [0.25, 0.3) is 0 Å². The fourth-order valence-electron chi connectivity index (χ4n) is 4.41. The molecule has 0 N–H and O–H groups in total. The van der Waals surface area contributed by atoms with E-state index < -0.39 is 0 Å². The van der Waals surface area contributed by atoms with Gasteiger partial charge in [0.15, 0.2) is 11.5 Å². The first-order valence-corrected chi connectivity index (χ1v) is 9.77. The van der Waals surface area contributed by atoms with Crippen LogP contribution in [0.2, 0.25) is 0 Å². The maximum absolute atomic E-state index is 13.0. The summed E-state index contributed by atoms with van der Waals surface area (Å²) in [7, 11) is 0. The standard InChI is InChI=1S/C22H22N2O4/c25-21(12-15-10-16-4-1-2-5-17(16)11-15)23-8-3-9-24(23)22(26)18-6-7-19-20(13-18)28-14-27-19/h1-2,4-7,13,15H,3,8-12,14H2.